The minimum atomic E-state index is -0.0871. The lowest BCUT2D eigenvalue weighted by Gasteiger charge is -2.34. The highest BCUT2D eigenvalue weighted by atomic mass is 16.3. The molecule has 0 radical (unpaired) electrons. The van der Waals surface area contributed by atoms with E-state index >= 15 is 0 Å². The minimum absolute atomic E-state index is 0.0871. The van der Waals surface area contributed by atoms with Crippen LogP contribution in [0, 0.1) is 11.8 Å². The molecule has 0 aromatic carbocycles. The Balaban J connectivity index is 1.96. The molecule has 2 rings (SSSR count). The average Bonchev–Trinajstić information content (AvgIpc) is 2.78. The molecule has 16 heavy (non-hydrogen) atoms. The van der Waals surface area contributed by atoms with Gasteiger partial charge in [0, 0.05) is 6.04 Å². The molecule has 3 nitrogen and oxygen atoms in total. The Bertz CT molecular complexity index is 345. The molecule has 1 saturated carbocycles. The third-order valence-electron chi connectivity index (χ3n) is 3.77. The Morgan fingerprint density at radius 2 is 2.25 bits per heavy atom. The van der Waals surface area contributed by atoms with E-state index in [2.05, 4.69) is 19.2 Å². The smallest absolute Gasteiger partial charge is 0.287 e. The molecule has 1 aliphatic carbocycles. The summed E-state index contributed by atoms with van der Waals surface area (Å²) in [6.45, 7) is 4.48. The molecule has 0 aliphatic heterocycles. The van der Waals surface area contributed by atoms with Crippen molar-refractivity contribution in [1.29, 1.82) is 0 Å². The van der Waals surface area contributed by atoms with Gasteiger partial charge in [0.2, 0.25) is 0 Å². The van der Waals surface area contributed by atoms with E-state index in [0.717, 1.165) is 6.42 Å². The quantitative estimate of drug-likeness (QED) is 0.834. The summed E-state index contributed by atoms with van der Waals surface area (Å²) in [6.07, 6.45) is 5.09. The number of rotatable bonds is 2. The lowest BCUT2D eigenvalue weighted by atomic mass is 9.78. The lowest BCUT2D eigenvalue weighted by Crippen LogP contribution is -2.43. The van der Waals surface area contributed by atoms with Crippen LogP contribution < -0.4 is 5.32 Å². The second-order valence-electron chi connectivity index (χ2n) is 4.82. The van der Waals surface area contributed by atoms with Gasteiger partial charge in [0.1, 0.15) is 0 Å². The molecule has 0 bridgehead atoms. The van der Waals surface area contributed by atoms with E-state index in [4.69, 9.17) is 4.42 Å². The molecule has 0 spiro atoms. The largest absolute Gasteiger partial charge is 0.459 e. The highest BCUT2D eigenvalue weighted by molar-refractivity contribution is 5.91. The van der Waals surface area contributed by atoms with Crippen LogP contribution >= 0.6 is 0 Å². The zero-order chi connectivity index (χ0) is 11.5. The van der Waals surface area contributed by atoms with Crippen molar-refractivity contribution < 1.29 is 9.21 Å². The van der Waals surface area contributed by atoms with E-state index in [9.17, 15) is 4.79 Å². The fourth-order valence-electron chi connectivity index (χ4n) is 2.43. The molecule has 1 fully saturated rings. The SMILES string of the molecule is C[C@@H]1[C@H](C)CCC[C@H]1NC(=O)c1ccco1. The van der Waals surface area contributed by atoms with Crippen molar-refractivity contribution in [1.82, 2.24) is 5.32 Å². The Morgan fingerprint density at radius 1 is 1.44 bits per heavy atom. The first-order valence-corrected chi connectivity index (χ1v) is 6.03. The number of amides is 1. The van der Waals surface area contributed by atoms with Crippen LogP contribution in [0.2, 0.25) is 0 Å². The maximum Gasteiger partial charge on any atom is 0.287 e. The maximum atomic E-state index is 11.8. The van der Waals surface area contributed by atoms with Gasteiger partial charge >= 0.3 is 0 Å². The van der Waals surface area contributed by atoms with Crippen LogP contribution in [0.3, 0.4) is 0 Å². The molecule has 1 amide bonds. The number of carbonyl (C=O) groups excluding carboxylic acids is 1. The first-order valence-electron chi connectivity index (χ1n) is 6.03. The minimum Gasteiger partial charge on any atom is -0.459 e. The average molecular weight is 221 g/mol. The third kappa shape index (κ3) is 2.29. The Hall–Kier alpha value is -1.25. The van der Waals surface area contributed by atoms with E-state index in [0.29, 0.717) is 23.6 Å². The monoisotopic (exact) mass is 221 g/mol. The summed E-state index contributed by atoms with van der Waals surface area (Å²) in [4.78, 5) is 11.8. The van der Waals surface area contributed by atoms with Gasteiger partial charge in [0.15, 0.2) is 5.76 Å². The Morgan fingerprint density at radius 3 is 2.94 bits per heavy atom. The van der Waals surface area contributed by atoms with Gasteiger partial charge in [-0.3, -0.25) is 4.79 Å². The van der Waals surface area contributed by atoms with Crippen LogP contribution in [0.5, 0.6) is 0 Å². The molecule has 1 aromatic rings. The molecule has 0 unspecified atom stereocenters. The van der Waals surface area contributed by atoms with Gasteiger partial charge in [-0.25, -0.2) is 0 Å². The molecule has 1 heterocycles. The number of hydrogen-bond acceptors (Lipinski definition) is 2. The summed E-state index contributed by atoms with van der Waals surface area (Å²) in [5.41, 5.74) is 0. The number of furan rings is 1. The summed E-state index contributed by atoms with van der Waals surface area (Å²) >= 11 is 0. The number of carbonyl (C=O) groups is 1. The van der Waals surface area contributed by atoms with Gasteiger partial charge in [-0.05, 0) is 30.4 Å². The van der Waals surface area contributed by atoms with Crippen molar-refractivity contribution in [3.63, 3.8) is 0 Å². The highest BCUT2D eigenvalue weighted by Gasteiger charge is 2.28. The molecule has 3 heteroatoms. The highest BCUT2D eigenvalue weighted by Crippen LogP contribution is 2.29. The first kappa shape index (κ1) is 11.2. The second kappa shape index (κ2) is 4.73. The molecule has 0 saturated heterocycles. The van der Waals surface area contributed by atoms with E-state index in [1.807, 2.05) is 0 Å². The van der Waals surface area contributed by atoms with E-state index in [1.165, 1.54) is 19.1 Å². The van der Waals surface area contributed by atoms with Crippen LogP contribution in [-0.2, 0) is 0 Å². The third-order valence-corrected chi connectivity index (χ3v) is 3.77. The van der Waals surface area contributed by atoms with Crippen molar-refractivity contribution in [2.24, 2.45) is 11.8 Å². The Labute approximate surface area is 96.2 Å². The maximum absolute atomic E-state index is 11.8. The molecule has 1 aliphatic rings. The molecular weight excluding hydrogens is 202 g/mol. The zero-order valence-electron chi connectivity index (χ0n) is 9.90. The van der Waals surface area contributed by atoms with Crippen LogP contribution in [0.1, 0.15) is 43.7 Å². The van der Waals surface area contributed by atoms with Crippen molar-refractivity contribution in [3.8, 4) is 0 Å². The van der Waals surface area contributed by atoms with Crippen molar-refractivity contribution in [2.75, 3.05) is 0 Å². The van der Waals surface area contributed by atoms with Crippen molar-refractivity contribution >= 4 is 5.91 Å². The lowest BCUT2D eigenvalue weighted by molar-refractivity contribution is 0.0863. The van der Waals surface area contributed by atoms with Crippen molar-refractivity contribution in [2.45, 2.75) is 39.2 Å². The van der Waals surface area contributed by atoms with E-state index < -0.39 is 0 Å². The van der Waals surface area contributed by atoms with Crippen LogP contribution in [0.15, 0.2) is 22.8 Å². The van der Waals surface area contributed by atoms with E-state index in [-0.39, 0.29) is 5.91 Å². The molecule has 88 valence electrons. The van der Waals surface area contributed by atoms with E-state index in [1.54, 1.807) is 12.1 Å². The van der Waals surface area contributed by atoms with Crippen molar-refractivity contribution in [3.05, 3.63) is 24.2 Å². The second-order valence-corrected chi connectivity index (χ2v) is 4.82. The number of nitrogens with one attached hydrogen (secondary N) is 1. The molecule has 3 atom stereocenters. The van der Waals surface area contributed by atoms with Crippen LogP contribution in [0.4, 0.5) is 0 Å². The van der Waals surface area contributed by atoms with Crippen LogP contribution in [0.25, 0.3) is 0 Å². The van der Waals surface area contributed by atoms with Crippen LogP contribution in [-0.4, -0.2) is 11.9 Å². The predicted molar refractivity (Wildman–Crippen MR) is 62.1 cm³/mol. The summed E-state index contributed by atoms with van der Waals surface area (Å²) in [5, 5.41) is 3.07. The summed E-state index contributed by atoms with van der Waals surface area (Å²) in [7, 11) is 0. The summed E-state index contributed by atoms with van der Waals surface area (Å²) < 4.78 is 5.09. The van der Waals surface area contributed by atoms with Gasteiger partial charge in [0.25, 0.3) is 5.91 Å². The Kier molecular flexibility index (Phi) is 3.32. The van der Waals surface area contributed by atoms with Gasteiger partial charge in [-0.2, -0.15) is 0 Å². The molecule has 1 N–H and O–H groups in total. The molecule has 1 aromatic heterocycles. The zero-order valence-corrected chi connectivity index (χ0v) is 9.90. The fourth-order valence-corrected chi connectivity index (χ4v) is 2.43. The number of hydrogen-bond donors (Lipinski definition) is 1. The predicted octanol–water partition coefficient (Wildman–Crippen LogP) is 2.83. The topological polar surface area (TPSA) is 42.2 Å². The summed E-state index contributed by atoms with van der Waals surface area (Å²) in [6, 6.07) is 3.73. The standard InChI is InChI=1S/C13H19NO2/c1-9-5-3-6-11(10(9)2)14-13(15)12-7-4-8-16-12/h4,7-11H,3,5-6H2,1-2H3,(H,14,15)/t9-,10-,11-/m1/s1. The normalized spacial score (nSPS) is 30.0. The fraction of sp³-hybridized carbons (Fsp3) is 0.615. The van der Waals surface area contributed by atoms with Gasteiger partial charge in [0.05, 0.1) is 6.26 Å². The first-order chi connectivity index (χ1) is 7.68. The van der Waals surface area contributed by atoms with Gasteiger partial charge in [-0.1, -0.05) is 26.7 Å². The molecular formula is C13H19NO2. The van der Waals surface area contributed by atoms with Gasteiger partial charge < -0.3 is 9.73 Å². The van der Waals surface area contributed by atoms with Gasteiger partial charge in [-0.15, -0.1) is 0 Å². The summed E-state index contributed by atoms with van der Waals surface area (Å²) in [5.74, 6) is 1.56.